The summed E-state index contributed by atoms with van der Waals surface area (Å²) in [6.45, 7) is 3.40. The zero-order valence-corrected chi connectivity index (χ0v) is 17.0. The first-order valence-electron chi connectivity index (χ1n) is 10.0. The molecule has 3 heterocycles. The maximum Gasteiger partial charge on any atom is 0.262 e. The van der Waals surface area contributed by atoms with Crippen LogP contribution >= 0.6 is 0 Å². The maximum absolute atomic E-state index is 12.9. The van der Waals surface area contributed by atoms with E-state index in [0.29, 0.717) is 19.6 Å². The lowest BCUT2D eigenvalue weighted by atomic mass is 10.0. The molecule has 4 amide bonds. The highest BCUT2D eigenvalue weighted by atomic mass is 16.2. The Bertz CT molecular complexity index is 1060. The summed E-state index contributed by atoms with van der Waals surface area (Å²) >= 11 is 0. The quantitative estimate of drug-likeness (QED) is 0.493. The molecule has 0 aliphatic carbocycles. The third-order valence-corrected chi connectivity index (χ3v) is 5.20. The van der Waals surface area contributed by atoms with Crippen LogP contribution in [-0.2, 0) is 29.2 Å². The van der Waals surface area contributed by atoms with Crippen LogP contribution in [0.25, 0.3) is 0 Å². The monoisotopic (exact) mass is 425 g/mol. The Morgan fingerprint density at radius 2 is 1.97 bits per heavy atom. The van der Waals surface area contributed by atoms with Crippen molar-refractivity contribution >= 4 is 23.6 Å². The molecule has 0 bridgehead atoms. The molecule has 1 aromatic carbocycles. The Morgan fingerprint density at radius 3 is 2.71 bits per heavy atom. The minimum Gasteiger partial charge on any atom is -0.326 e. The highest BCUT2D eigenvalue weighted by Gasteiger charge is 2.44. The molecule has 2 aromatic rings. The summed E-state index contributed by atoms with van der Waals surface area (Å²) in [5, 5.41) is 13.5. The molecule has 2 aliphatic heterocycles. The minimum absolute atomic E-state index is 0.0195. The molecule has 31 heavy (non-hydrogen) atoms. The third-order valence-electron chi connectivity index (χ3n) is 5.20. The molecule has 11 nitrogen and oxygen atoms in total. The SMILES string of the molecule is C[C@H](N)Cn1cc(CNCc2ccc3c(c2)C(=O)N(C2CCC(=O)NC2=O)C3=O)nn1. The van der Waals surface area contributed by atoms with Crippen LogP contribution in [0.2, 0.25) is 0 Å². The number of aromatic nitrogens is 3. The number of hydrogen-bond acceptors (Lipinski definition) is 8. The molecule has 4 N–H and O–H groups in total. The Morgan fingerprint density at radius 1 is 1.19 bits per heavy atom. The normalized spacial score (nSPS) is 19.5. The highest BCUT2D eigenvalue weighted by Crippen LogP contribution is 2.28. The zero-order valence-electron chi connectivity index (χ0n) is 17.0. The molecular formula is C20H23N7O4. The molecule has 1 fully saturated rings. The van der Waals surface area contributed by atoms with Crippen molar-refractivity contribution in [3.8, 4) is 0 Å². The highest BCUT2D eigenvalue weighted by molar-refractivity contribution is 6.23. The van der Waals surface area contributed by atoms with E-state index in [4.69, 9.17) is 5.73 Å². The van der Waals surface area contributed by atoms with Gasteiger partial charge in [-0.1, -0.05) is 11.3 Å². The summed E-state index contributed by atoms with van der Waals surface area (Å²) in [5.74, 6) is -2.05. The molecule has 0 spiro atoms. The maximum atomic E-state index is 12.9. The first-order chi connectivity index (χ1) is 14.8. The summed E-state index contributed by atoms with van der Waals surface area (Å²) in [6, 6.07) is 4.02. The van der Waals surface area contributed by atoms with Gasteiger partial charge >= 0.3 is 0 Å². The Hall–Kier alpha value is -3.44. The lowest BCUT2D eigenvalue weighted by Crippen LogP contribution is -2.54. The largest absolute Gasteiger partial charge is 0.326 e. The van der Waals surface area contributed by atoms with Crippen LogP contribution in [0.1, 0.15) is 51.7 Å². The number of rotatable bonds is 7. The molecule has 11 heteroatoms. The van der Waals surface area contributed by atoms with Crippen LogP contribution in [-0.4, -0.2) is 55.6 Å². The van der Waals surface area contributed by atoms with Gasteiger partial charge in [0, 0.05) is 31.7 Å². The van der Waals surface area contributed by atoms with Gasteiger partial charge in [0.2, 0.25) is 11.8 Å². The van der Waals surface area contributed by atoms with Crippen molar-refractivity contribution in [3.63, 3.8) is 0 Å². The predicted molar refractivity (Wildman–Crippen MR) is 107 cm³/mol. The van der Waals surface area contributed by atoms with Gasteiger partial charge in [-0.05, 0) is 31.0 Å². The molecule has 2 aliphatic rings. The van der Waals surface area contributed by atoms with E-state index in [2.05, 4.69) is 20.9 Å². The van der Waals surface area contributed by atoms with Gasteiger partial charge in [0.25, 0.3) is 11.8 Å². The summed E-state index contributed by atoms with van der Waals surface area (Å²) in [5.41, 5.74) is 7.85. The van der Waals surface area contributed by atoms with Crippen LogP contribution < -0.4 is 16.4 Å². The summed E-state index contributed by atoms with van der Waals surface area (Å²) in [6.07, 6.45) is 2.04. The van der Waals surface area contributed by atoms with E-state index >= 15 is 0 Å². The second kappa shape index (κ2) is 8.36. The summed E-state index contributed by atoms with van der Waals surface area (Å²) < 4.78 is 1.69. The molecule has 162 valence electrons. The lowest BCUT2D eigenvalue weighted by Gasteiger charge is -2.27. The number of carbonyl (C=O) groups is 4. The van der Waals surface area contributed by atoms with Crippen molar-refractivity contribution in [2.75, 3.05) is 0 Å². The number of nitrogens with one attached hydrogen (secondary N) is 2. The number of imide groups is 2. The number of benzene rings is 1. The Kier molecular flexibility index (Phi) is 5.61. The first-order valence-corrected chi connectivity index (χ1v) is 10.0. The smallest absolute Gasteiger partial charge is 0.262 e. The van der Waals surface area contributed by atoms with Gasteiger partial charge in [0.05, 0.1) is 23.4 Å². The third kappa shape index (κ3) is 4.23. The number of amides is 4. The van der Waals surface area contributed by atoms with E-state index in [9.17, 15) is 19.2 Å². The van der Waals surface area contributed by atoms with Gasteiger partial charge < -0.3 is 11.1 Å². The van der Waals surface area contributed by atoms with Gasteiger partial charge in [-0.2, -0.15) is 0 Å². The van der Waals surface area contributed by atoms with E-state index in [1.165, 1.54) is 0 Å². The van der Waals surface area contributed by atoms with Gasteiger partial charge in [-0.15, -0.1) is 5.10 Å². The van der Waals surface area contributed by atoms with Gasteiger partial charge in [-0.3, -0.25) is 34.1 Å². The van der Waals surface area contributed by atoms with Crippen molar-refractivity contribution in [2.45, 2.75) is 51.5 Å². The van der Waals surface area contributed by atoms with Gasteiger partial charge in [0.1, 0.15) is 6.04 Å². The summed E-state index contributed by atoms with van der Waals surface area (Å²) in [7, 11) is 0. The van der Waals surface area contributed by atoms with Gasteiger partial charge in [-0.25, -0.2) is 0 Å². The topological polar surface area (TPSA) is 152 Å². The Balaban J connectivity index is 1.41. The average Bonchev–Trinajstić information content (AvgIpc) is 3.24. The van der Waals surface area contributed by atoms with E-state index in [1.54, 1.807) is 22.9 Å². The first kappa shape index (κ1) is 20.8. The molecule has 1 saturated heterocycles. The van der Waals surface area contributed by atoms with Crippen LogP contribution in [0.3, 0.4) is 0 Å². The van der Waals surface area contributed by atoms with Crippen LogP contribution in [0.15, 0.2) is 24.4 Å². The van der Waals surface area contributed by atoms with Crippen molar-refractivity contribution in [3.05, 3.63) is 46.8 Å². The molecule has 0 saturated carbocycles. The van der Waals surface area contributed by atoms with Gasteiger partial charge in [0.15, 0.2) is 0 Å². The number of hydrogen-bond donors (Lipinski definition) is 3. The molecule has 0 radical (unpaired) electrons. The number of piperidine rings is 1. The number of nitrogens with zero attached hydrogens (tertiary/aromatic N) is 4. The lowest BCUT2D eigenvalue weighted by molar-refractivity contribution is -0.136. The van der Waals surface area contributed by atoms with Crippen LogP contribution in [0, 0.1) is 0 Å². The molecule has 2 atom stereocenters. The van der Waals surface area contributed by atoms with Crippen molar-refractivity contribution in [2.24, 2.45) is 5.73 Å². The molecule has 1 aromatic heterocycles. The fraction of sp³-hybridized carbons (Fsp3) is 0.400. The molecule has 1 unspecified atom stereocenters. The number of fused-ring (bicyclic) bond motifs is 1. The predicted octanol–water partition coefficient (Wildman–Crippen LogP) is -0.684. The minimum atomic E-state index is -0.967. The zero-order chi connectivity index (χ0) is 22.1. The summed E-state index contributed by atoms with van der Waals surface area (Å²) in [4.78, 5) is 50.0. The second-order valence-electron chi connectivity index (χ2n) is 7.84. The fourth-order valence-electron chi connectivity index (χ4n) is 3.77. The Labute approximate surface area is 177 Å². The van der Waals surface area contributed by atoms with E-state index in [-0.39, 0.29) is 30.0 Å². The molecular weight excluding hydrogens is 402 g/mol. The number of carbonyl (C=O) groups excluding carboxylic acids is 4. The van der Waals surface area contributed by atoms with Crippen molar-refractivity contribution < 1.29 is 19.2 Å². The van der Waals surface area contributed by atoms with Crippen LogP contribution in [0.4, 0.5) is 0 Å². The second-order valence-corrected chi connectivity index (χ2v) is 7.84. The van der Waals surface area contributed by atoms with E-state index in [0.717, 1.165) is 16.2 Å². The average molecular weight is 425 g/mol. The van der Waals surface area contributed by atoms with Crippen molar-refractivity contribution in [1.82, 2.24) is 30.5 Å². The molecule has 4 rings (SSSR count). The van der Waals surface area contributed by atoms with E-state index in [1.807, 2.05) is 13.1 Å². The van der Waals surface area contributed by atoms with Crippen LogP contribution in [0.5, 0.6) is 0 Å². The number of nitrogens with two attached hydrogens (primary N) is 1. The standard InChI is InChI=1S/C20H23N7O4/c1-11(21)9-26-10-13(24-25-26)8-22-7-12-2-3-14-15(6-12)20(31)27(19(14)30)16-4-5-17(28)23-18(16)29/h2-3,6,10-11,16,22H,4-5,7-9,21H2,1H3,(H,23,28,29)/t11-,16?/m0/s1. The van der Waals surface area contributed by atoms with Crippen molar-refractivity contribution in [1.29, 1.82) is 0 Å². The van der Waals surface area contributed by atoms with E-state index < -0.39 is 29.7 Å². The fourth-order valence-corrected chi connectivity index (χ4v) is 3.77.